The highest BCUT2D eigenvalue weighted by Crippen LogP contribution is 2.28. The predicted octanol–water partition coefficient (Wildman–Crippen LogP) is -0.103. The van der Waals surface area contributed by atoms with Gasteiger partial charge in [-0.3, -0.25) is 9.89 Å². The summed E-state index contributed by atoms with van der Waals surface area (Å²) in [6.07, 6.45) is 1.99. The average Bonchev–Trinajstić information content (AvgIpc) is 3.04. The molecule has 1 amide bonds. The van der Waals surface area contributed by atoms with E-state index in [1.165, 1.54) is 0 Å². The molecule has 1 aromatic heterocycles. The van der Waals surface area contributed by atoms with Crippen molar-refractivity contribution in [1.29, 1.82) is 0 Å². The van der Waals surface area contributed by atoms with E-state index < -0.39 is 0 Å². The number of nitrogens with one attached hydrogen (secondary N) is 1. The fourth-order valence-electron chi connectivity index (χ4n) is 1.68. The van der Waals surface area contributed by atoms with Crippen LogP contribution in [0, 0.1) is 6.92 Å². The highest BCUT2D eigenvalue weighted by Gasteiger charge is 2.34. The van der Waals surface area contributed by atoms with E-state index >= 15 is 0 Å². The molecule has 16 heavy (non-hydrogen) atoms. The normalized spacial score (nSPS) is 15.1. The summed E-state index contributed by atoms with van der Waals surface area (Å²) in [4.78, 5) is 13.7. The van der Waals surface area contributed by atoms with Gasteiger partial charge in [0.05, 0.1) is 18.0 Å². The number of aryl methyl sites for hydroxylation is 1. The standard InChI is InChI=1S/C10H16N4O2/c1-6-8(11)9(13-12-6)10(16)14(4-5-15)7-2-3-7/h7,15H,2-5,11H2,1H3,(H,12,13). The lowest BCUT2D eigenvalue weighted by molar-refractivity contribution is 0.0702. The van der Waals surface area contributed by atoms with E-state index in [4.69, 9.17) is 10.8 Å². The van der Waals surface area contributed by atoms with Crippen LogP contribution in [0.4, 0.5) is 5.69 Å². The van der Waals surface area contributed by atoms with Crippen LogP contribution in [0.15, 0.2) is 0 Å². The van der Waals surface area contributed by atoms with Crippen molar-refractivity contribution in [3.63, 3.8) is 0 Å². The van der Waals surface area contributed by atoms with Crippen LogP contribution >= 0.6 is 0 Å². The van der Waals surface area contributed by atoms with Crippen molar-refractivity contribution >= 4 is 11.6 Å². The minimum Gasteiger partial charge on any atom is -0.395 e. The molecule has 1 aliphatic rings. The predicted molar refractivity (Wildman–Crippen MR) is 58.9 cm³/mol. The molecule has 1 saturated carbocycles. The van der Waals surface area contributed by atoms with Crippen molar-refractivity contribution in [3.05, 3.63) is 11.4 Å². The molecule has 1 aliphatic carbocycles. The monoisotopic (exact) mass is 224 g/mol. The third-order valence-electron chi connectivity index (χ3n) is 2.79. The third kappa shape index (κ3) is 1.88. The Labute approximate surface area is 93.4 Å². The zero-order valence-electron chi connectivity index (χ0n) is 9.23. The van der Waals surface area contributed by atoms with Gasteiger partial charge in [-0.15, -0.1) is 0 Å². The van der Waals surface area contributed by atoms with Crippen LogP contribution < -0.4 is 5.73 Å². The lowest BCUT2D eigenvalue weighted by Crippen LogP contribution is -2.36. The van der Waals surface area contributed by atoms with Gasteiger partial charge in [0.2, 0.25) is 0 Å². The molecular formula is C10H16N4O2. The van der Waals surface area contributed by atoms with Gasteiger partial charge < -0.3 is 15.7 Å². The van der Waals surface area contributed by atoms with Crippen molar-refractivity contribution in [2.75, 3.05) is 18.9 Å². The number of nitrogens with zero attached hydrogens (tertiary/aromatic N) is 2. The van der Waals surface area contributed by atoms with Crippen LogP contribution in [0.1, 0.15) is 29.0 Å². The molecule has 0 radical (unpaired) electrons. The van der Waals surface area contributed by atoms with E-state index in [0.717, 1.165) is 12.8 Å². The maximum Gasteiger partial charge on any atom is 0.276 e. The summed E-state index contributed by atoms with van der Waals surface area (Å²) in [5, 5.41) is 15.5. The van der Waals surface area contributed by atoms with E-state index in [1.807, 2.05) is 0 Å². The van der Waals surface area contributed by atoms with Crippen LogP contribution in [-0.2, 0) is 0 Å². The Balaban J connectivity index is 2.18. The van der Waals surface area contributed by atoms with Crippen molar-refractivity contribution in [1.82, 2.24) is 15.1 Å². The second kappa shape index (κ2) is 4.13. The first-order chi connectivity index (χ1) is 7.65. The SMILES string of the molecule is Cc1[nH]nc(C(=O)N(CCO)C2CC2)c1N. The third-order valence-corrected chi connectivity index (χ3v) is 2.79. The highest BCUT2D eigenvalue weighted by atomic mass is 16.3. The molecule has 0 spiro atoms. The molecule has 1 fully saturated rings. The summed E-state index contributed by atoms with van der Waals surface area (Å²) in [5.41, 5.74) is 7.11. The first-order valence-corrected chi connectivity index (χ1v) is 5.37. The molecule has 0 saturated heterocycles. The van der Waals surface area contributed by atoms with E-state index in [2.05, 4.69) is 10.2 Å². The molecular weight excluding hydrogens is 208 g/mol. The Morgan fingerprint density at radius 1 is 1.69 bits per heavy atom. The summed E-state index contributed by atoms with van der Waals surface area (Å²) < 4.78 is 0. The number of rotatable bonds is 4. The number of aliphatic hydroxyl groups excluding tert-OH is 1. The lowest BCUT2D eigenvalue weighted by Gasteiger charge is -2.20. The fourth-order valence-corrected chi connectivity index (χ4v) is 1.68. The van der Waals surface area contributed by atoms with Crippen molar-refractivity contribution in [2.45, 2.75) is 25.8 Å². The molecule has 0 aromatic carbocycles. The Bertz CT molecular complexity index is 398. The minimum atomic E-state index is -0.196. The van der Waals surface area contributed by atoms with Crippen LogP contribution in [-0.4, -0.2) is 45.3 Å². The summed E-state index contributed by atoms with van der Waals surface area (Å²) in [7, 11) is 0. The quantitative estimate of drug-likeness (QED) is 0.665. The van der Waals surface area contributed by atoms with E-state index in [9.17, 15) is 4.79 Å². The van der Waals surface area contributed by atoms with E-state index in [1.54, 1.807) is 11.8 Å². The van der Waals surface area contributed by atoms with Crippen molar-refractivity contribution in [2.24, 2.45) is 0 Å². The van der Waals surface area contributed by atoms with Crippen molar-refractivity contribution in [3.8, 4) is 0 Å². The van der Waals surface area contributed by atoms with Gasteiger partial charge in [-0.2, -0.15) is 5.10 Å². The molecule has 0 aliphatic heterocycles. The number of carbonyl (C=O) groups excluding carboxylic acids is 1. The number of aromatic nitrogens is 2. The maximum absolute atomic E-state index is 12.1. The smallest absolute Gasteiger partial charge is 0.276 e. The number of hydrogen-bond donors (Lipinski definition) is 3. The number of aromatic amines is 1. The number of carbonyl (C=O) groups is 1. The Kier molecular flexibility index (Phi) is 2.82. The molecule has 2 rings (SSSR count). The maximum atomic E-state index is 12.1. The van der Waals surface area contributed by atoms with Crippen LogP contribution in [0.3, 0.4) is 0 Å². The first-order valence-electron chi connectivity index (χ1n) is 5.37. The summed E-state index contributed by atoms with van der Waals surface area (Å²) >= 11 is 0. The number of hydrogen-bond acceptors (Lipinski definition) is 4. The zero-order valence-corrected chi connectivity index (χ0v) is 9.23. The van der Waals surface area contributed by atoms with Crippen LogP contribution in [0.25, 0.3) is 0 Å². The Morgan fingerprint density at radius 2 is 2.38 bits per heavy atom. The topological polar surface area (TPSA) is 95.2 Å². The Hall–Kier alpha value is -1.56. The highest BCUT2D eigenvalue weighted by molar-refractivity contribution is 5.97. The zero-order chi connectivity index (χ0) is 11.7. The van der Waals surface area contributed by atoms with Gasteiger partial charge in [0.15, 0.2) is 5.69 Å². The van der Waals surface area contributed by atoms with Crippen LogP contribution in [0.5, 0.6) is 0 Å². The lowest BCUT2D eigenvalue weighted by atomic mass is 10.2. The molecule has 6 heteroatoms. The second-order valence-corrected chi connectivity index (χ2v) is 4.06. The van der Waals surface area contributed by atoms with Gasteiger partial charge in [0, 0.05) is 12.6 Å². The molecule has 1 heterocycles. The second-order valence-electron chi connectivity index (χ2n) is 4.06. The fraction of sp³-hybridized carbons (Fsp3) is 0.600. The number of H-pyrrole nitrogens is 1. The van der Waals surface area contributed by atoms with Crippen molar-refractivity contribution < 1.29 is 9.90 Å². The molecule has 88 valence electrons. The average molecular weight is 224 g/mol. The molecule has 0 atom stereocenters. The molecule has 4 N–H and O–H groups in total. The van der Waals surface area contributed by atoms with Crippen LogP contribution in [0.2, 0.25) is 0 Å². The number of amides is 1. The van der Waals surface area contributed by atoms with E-state index in [0.29, 0.717) is 17.9 Å². The largest absolute Gasteiger partial charge is 0.395 e. The summed E-state index contributed by atoms with van der Waals surface area (Å²) in [6, 6.07) is 0.246. The molecule has 0 unspecified atom stereocenters. The molecule has 1 aromatic rings. The Morgan fingerprint density at radius 3 is 2.81 bits per heavy atom. The minimum absolute atomic E-state index is 0.0362. The molecule has 0 bridgehead atoms. The first kappa shape index (κ1) is 10.9. The summed E-state index contributed by atoms with van der Waals surface area (Å²) in [5.74, 6) is -0.196. The molecule has 6 nitrogen and oxygen atoms in total. The number of nitrogens with two attached hydrogens (primary N) is 1. The summed E-state index contributed by atoms with van der Waals surface area (Å²) in [6.45, 7) is 2.08. The van der Waals surface area contributed by atoms with Gasteiger partial charge >= 0.3 is 0 Å². The van der Waals surface area contributed by atoms with Gasteiger partial charge in [-0.25, -0.2) is 0 Å². The van der Waals surface area contributed by atoms with E-state index in [-0.39, 0.29) is 24.2 Å². The number of anilines is 1. The van der Waals surface area contributed by atoms with Gasteiger partial charge in [-0.1, -0.05) is 0 Å². The van der Waals surface area contributed by atoms with Gasteiger partial charge in [0.25, 0.3) is 5.91 Å². The number of nitrogen functional groups attached to an aromatic ring is 1. The van der Waals surface area contributed by atoms with Gasteiger partial charge in [-0.05, 0) is 19.8 Å². The number of aliphatic hydroxyl groups is 1. The van der Waals surface area contributed by atoms with Gasteiger partial charge in [0.1, 0.15) is 0 Å².